The summed E-state index contributed by atoms with van der Waals surface area (Å²) in [5.74, 6) is 2.31. The normalized spacial score (nSPS) is 11.8. The summed E-state index contributed by atoms with van der Waals surface area (Å²) in [5, 5.41) is 17.8. The summed E-state index contributed by atoms with van der Waals surface area (Å²) >= 11 is 0. The number of nitrogens with one attached hydrogen (secondary N) is 1. The van der Waals surface area contributed by atoms with E-state index in [-0.39, 0.29) is 5.69 Å². The lowest BCUT2D eigenvalue weighted by Gasteiger charge is -2.13. The van der Waals surface area contributed by atoms with Crippen molar-refractivity contribution >= 4 is 5.69 Å². The van der Waals surface area contributed by atoms with E-state index in [9.17, 15) is 10.1 Å². The van der Waals surface area contributed by atoms with Crippen LogP contribution in [0.1, 0.15) is 35.7 Å². The molecule has 1 unspecified atom stereocenters. The first-order valence-electron chi connectivity index (χ1n) is 8.72. The van der Waals surface area contributed by atoms with Crippen LogP contribution in [0.15, 0.2) is 42.5 Å². The number of nitro groups is 1. The fourth-order valence-electron chi connectivity index (χ4n) is 2.76. The van der Waals surface area contributed by atoms with Gasteiger partial charge in [-0.1, -0.05) is 18.2 Å². The fourth-order valence-corrected chi connectivity index (χ4v) is 2.76. The Hall–Kier alpha value is -3.46. The number of methoxy groups -OCH3 is 1. The molecule has 1 heterocycles. The van der Waals surface area contributed by atoms with Crippen molar-refractivity contribution in [2.45, 2.75) is 19.4 Å². The average Bonchev–Trinajstić information content (AvgIpc) is 3.17. The van der Waals surface area contributed by atoms with Gasteiger partial charge >= 0.3 is 0 Å². The Balaban J connectivity index is 1.74. The number of nitrogens with two attached hydrogens (primary N) is 1. The van der Waals surface area contributed by atoms with E-state index >= 15 is 0 Å². The molecule has 0 aliphatic carbocycles. The van der Waals surface area contributed by atoms with Crippen molar-refractivity contribution in [1.82, 2.24) is 15.2 Å². The summed E-state index contributed by atoms with van der Waals surface area (Å²) in [7, 11) is 1.57. The number of aromatic nitrogens is 3. The van der Waals surface area contributed by atoms with Crippen molar-refractivity contribution < 1.29 is 14.4 Å². The van der Waals surface area contributed by atoms with Crippen LogP contribution in [0.4, 0.5) is 5.69 Å². The number of nitrogens with zero attached hydrogens (tertiary/aromatic N) is 3. The fraction of sp³-hybridized carbons (Fsp3) is 0.263. The summed E-state index contributed by atoms with van der Waals surface area (Å²) in [6.07, 6.45) is 0.463. The molecular weight excluding hydrogens is 362 g/mol. The first-order valence-corrected chi connectivity index (χ1v) is 8.72. The highest BCUT2D eigenvalue weighted by Gasteiger charge is 2.17. The van der Waals surface area contributed by atoms with Crippen LogP contribution in [-0.2, 0) is 6.42 Å². The molecule has 0 spiro atoms. The minimum atomic E-state index is -0.536. The third-order valence-electron chi connectivity index (χ3n) is 4.19. The third kappa shape index (κ3) is 4.26. The SMILES string of the molecule is CCOc1ccc(C(N)c2n[nH]c(Cc3ccc([N+](=O)[O-])cc3)n2)cc1OC. The topological polar surface area (TPSA) is 129 Å². The summed E-state index contributed by atoms with van der Waals surface area (Å²) in [6.45, 7) is 2.44. The van der Waals surface area contributed by atoms with Crippen LogP contribution in [0.2, 0.25) is 0 Å². The second-order valence-corrected chi connectivity index (χ2v) is 6.06. The lowest BCUT2D eigenvalue weighted by molar-refractivity contribution is -0.384. The lowest BCUT2D eigenvalue weighted by atomic mass is 10.1. The molecule has 0 radical (unpaired) electrons. The maximum Gasteiger partial charge on any atom is 0.269 e. The second-order valence-electron chi connectivity index (χ2n) is 6.06. The third-order valence-corrected chi connectivity index (χ3v) is 4.19. The molecule has 3 N–H and O–H groups in total. The molecule has 1 atom stereocenters. The summed E-state index contributed by atoms with van der Waals surface area (Å²) in [5.41, 5.74) is 8.03. The van der Waals surface area contributed by atoms with Crippen LogP contribution in [-0.4, -0.2) is 33.8 Å². The van der Waals surface area contributed by atoms with Gasteiger partial charge in [0.05, 0.1) is 24.7 Å². The van der Waals surface area contributed by atoms with E-state index in [4.69, 9.17) is 15.2 Å². The molecule has 3 aromatic rings. The molecular formula is C19H21N5O4. The zero-order valence-electron chi connectivity index (χ0n) is 15.6. The molecule has 9 heteroatoms. The van der Waals surface area contributed by atoms with Crippen molar-refractivity contribution in [1.29, 1.82) is 0 Å². The van der Waals surface area contributed by atoms with Crippen molar-refractivity contribution in [2.24, 2.45) is 5.73 Å². The molecule has 3 rings (SSSR count). The molecule has 0 aliphatic rings. The van der Waals surface area contributed by atoms with Gasteiger partial charge in [-0.3, -0.25) is 15.2 Å². The van der Waals surface area contributed by atoms with E-state index in [1.54, 1.807) is 19.2 Å². The Morgan fingerprint density at radius 2 is 1.96 bits per heavy atom. The van der Waals surface area contributed by atoms with Gasteiger partial charge in [-0.15, -0.1) is 0 Å². The van der Waals surface area contributed by atoms with Crippen LogP contribution < -0.4 is 15.2 Å². The minimum Gasteiger partial charge on any atom is -0.493 e. The Morgan fingerprint density at radius 3 is 2.61 bits per heavy atom. The minimum absolute atomic E-state index is 0.0495. The van der Waals surface area contributed by atoms with Crippen LogP contribution >= 0.6 is 0 Å². The van der Waals surface area contributed by atoms with Gasteiger partial charge in [0, 0.05) is 18.6 Å². The highest BCUT2D eigenvalue weighted by molar-refractivity contribution is 5.44. The number of nitro benzene ring substituents is 1. The molecule has 0 fully saturated rings. The number of non-ortho nitro benzene ring substituents is 1. The Morgan fingerprint density at radius 1 is 1.21 bits per heavy atom. The van der Waals surface area contributed by atoms with E-state index in [0.717, 1.165) is 11.1 Å². The van der Waals surface area contributed by atoms with E-state index in [0.29, 0.717) is 36.2 Å². The Labute approximate surface area is 161 Å². The van der Waals surface area contributed by atoms with Crippen molar-refractivity contribution in [3.8, 4) is 11.5 Å². The van der Waals surface area contributed by atoms with E-state index in [2.05, 4.69) is 15.2 Å². The van der Waals surface area contributed by atoms with Gasteiger partial charge in [-0.25, -0.2) is 4.98 Å². The van der Waals surface area contributed by atoms with Gasteiger partial charge in [-0.05, 0) is 30.2 Å². The van der Waals surface area contributed by atoms with Gasteiger partial charge in [0.15, 0.2) is 17.3 Å². The van der Waals surface area contributed by atoms with Crippen molar-refractivity contribution in [3.05, 3.63) is 75.4 Å². The Kier molecular flexibility index (Phi) is 5.85. The summed E-state index contributed by atoms with van der Waals surface area (Å²) in [6, 6.07) is 11.2. The van der Waals surface area contributed by atoms with Crippen LogP contribution in [0.25, 0.3) is 0 Å². The molecule has 1 aromatic heterocycles. The maximum absolute atomic E-state index is 10.7. The van der Waals surface area contributed by atoms with E-state index in [1.165, 1.54) is 12.1 Å². The van der Waals surface area contributed by atoms with Crippen LogP contribution in [0, 0.1) is 10.1 Å². The zero-order chi connectivity index (χ0) is 20.1. The van der Waals surface area contributed by atoms with Gasteiger partial charge in [0.1, 0.15) is 5.82 Å². The van der Waals surface area contributed by atoms with Crippen LogP contribution in [0.3, 0.4) is 0 Å². The summed E-state index contributed by atoms with van der Waals surface area (Å²) in [4.78, 5) is 14.8. The number of ether oxygens (including phenoxy) is 2. The molecule has 0 bridgehead atoms. The largest absolute Gasteiger partial charge is 0.493 e. The molecule has 2 aromatic carbocycles. The standard InChI is InChI=1S/C19H21N5O4/c1-3-28-15-9-6-13(11-16(15)27-2)18(20)19-21-17(22-23-19)10-12-4-7-14(8-5-12)24(25)26/h4-9,11,18H,3,10,20H2,1-2H3,(H,21,22,23). The Bertz CT molecular complexity index is 955. The smallest absolute Gasteiger partial charge is 0.269 e. The molecule has 0 saturated carbocycles. The zero-order valence-corrected chi connectivity index (χ0v) is 15.6. The lowest BCUT2D eigenvalue weighted by Crippen LogP contribution is -2.14. The van der Waals surface area contributed by atoms with Gasteiger partial charge in [0.2, 0.25) is 0 Å². The first-order chi connectivity index (χ1) is 13.5. The van der Waals surface area contributed by atoms with E-state index in [1.807, 2.05) is 25.1 Å². The first kappa shape index (κ1) is 19.3. The quantitative estimate of drug-likeness (QED) is 0.452. The molecule has 9 nitrogen and oxygen atoms in total. The number of hydrogen-bond donors (Lipinski definition) is 2. The number of H-pyrrole nitrogens is 1. The number of hydrogen-bond acceptors (Lipinski definition) is 7. The number of rotatable bonds is 8. The number of aromatic amines is 1. The number of benzene rings is 2. The molecule has 0 saturated heterocycles. The second kappa shape index (κ2) is 8.49. The molecule has 146 valence electrons. The van der Waals surface area contributed by atoms with Gasteiger partial charge in [-0.2, -0.15) is 5.10 Å². The molecule has 0 amide bonds. The predicted octanol–water partition coefficient (Wildman–Crippen LogP) is 2.76. The highest BCUT2D eigenvalue weighted by Crippen LogP contribution is 2.31. The monoisotopic (exact) mass is 383 g/mol. The molecule has 0 aliphatic heterocycles. The van der Waals surface area contributed by atoms with Gasteiger partial charge < -0.3 is 15.2 Å². The van der Waals surface area contributed by atoms with Crippen molar-refractivity contribution in [3.63, 3.8) is 0 Å². The van der Waals surface area contributed by atoms with Crippen molar-refractivity contribution in [2.75, 3.05) is 13.7 Å². The molecule has 28 heavy (non-hydrogen) atoms. The van der Waals surface area contributed by atoms with Gasteiger partial charge in [0.25, 0.3) is 5.69 Å². The predicted molar refractivity (Wildman–Crippen MR) is 102 cm³/mol. The van der Waals surface area contributed by atoms with E-state index < -0.39 is 11.0 Å². The summed E-state index contributed by atoms with van der Waals surface area (Å²) < 4.78 is 10.9. The maximum atomic E-state index is 10.7. The van der Waals surface area contributed by atoms with Crippen LogP contribution in [0.5, 0.6) is 11.5 Å². The average molecular weight is 383 g/mol. The highest BCUT2D eigenvalue weighted by atomic mass is 16.6.